The molecule has 2 aromatic carbocycles. The fourth-order valence-electron chi connectivity index (χ4n) is 4.00. The summed E-state index contributed by atoms with van der Waals surface area (Å²) in [5.74, 6) is 1.89. The molecule has 0 amide bonds. The Bertz CT molecular complexity index is 947. The first kappa shape index (κ1) is 23.4. The van der Waals surface area contributed by atoms with Crippen molar-refractivity contribution in [1.29, 1.82) is 0 Å². The number of rotatable bonds is 10. The molecule has 0 saturated heterocycles. The van der Waals surface area contributed by atoms with Gasteiger partial charge in [-0.1, -0.05) is 42.8 Å². The normalized spacial score (nSPS) is 18.1. The van der Waals surface area contributed by atoms with E-state index in [-0.39, 0.29) is 5.92 Å². The lowest BCUT2D eigenvalue weighted by atomic mass is 9.78. The van der Waals surface area contributed by atoms with Gasteiger partial charge in [0.05, 0.1) is 19.5 Å². The number of methoxy groups -OCH3 is 2. The van der Waals surface area contributed by atoms with Crippen LogP contribution in [0.1, 0.15) is 38.3 Å². The Hall–Kier alpha value is -2.31. The van der Waals surface area contributed by atoms with Crippen LogP contribution in [0.15, 0.2) is 60.2 Å². The highest BCUT2D eigenvalue weighted by molar-refractivity contribution is 7.89. The smallest absolute Gasteiger partial charge is 0.217 e. The Kier molecular flexibility index (Phi) is 7.44. The second kappa shape index (κ2) is 9.88. The zero-order chi connectivity index (χ0) is 22.6. The van der Waals surface area contributed by atoms with Crippen LogP contribution in [-0.4, -0.2) is 32.2 Å². The fraction of sp³-hybridized carbons (Fsp3) is 0.440. The van der Waals surface area contributed by atoms with Crippen LogP contribution in [0, 0.1) is 11.8 Å². The summed E-state index contributed by atoms with van der Waals surface area (Å²) >= 11 is 0. The molecule has 31 heavy (non-hydrogen) atoms. The molecule has 1 aliphatic rings. The molecule has 3 rings (SSSR count). The minimum atomic E-state index is -3.53. The minimum Gasteiger partial charge on any atom is -0.497 e. The average molecular weight is 444 g/mol. The third kappa shape index (κ3) is 5.49. The van der Waals surface area contributed by atoms with Crippen molar-refractivity contribution >= 4 is 10.0 Å². The molecule has 0 spiro atoms. The second-order valence-corrected chi connectivity index (χ2v) is 10.7. The van der Waals surface area contributed by atoms with Crippen molar-refractivity contribution in [3.63, 3.8) is 0 Å². The van der Waals surface area contributed by atoms with E-state index in [1.165, 1.54) is 5.57 Å². The molecule has 0 radical (unpaired) electrons. The van der Waals surface area contributed by atoms with E-state index in [9.17, 15) is 8.42 Å². The molecule has 0 aromatic heterocycles. The van der Waals surface area contributed by atoms with Crippen LogP contribution in [0.5, 0.6) is 11.5 Å². The lowest BCUT2D eigenvalue weighted by Gasteiger charge is -2.35. The van der Waals surface area contributed by atoms with Crippen LogP contribution in [0.4, 0.5) is 0 Å². The Morgan fingerprint density at radius 2 is 1.32 bits per heavy atom. The number of nitrogens with zero attached hydrogens (tertiary/aromatic N) is 1. The number of allylic oxidation sites excluding steroid dienone is 2. The summed E-state index contributed by atoms with van der Waals surface area (Å²) in [6.07, 6.45) is 3.19. The van der Waals surface area contributed by atoms with Crippen LogP contribution >= 0.6 is 0 Å². The van der Waals surface area contributed by atoms with Gasteiger partial charge in [0, 0.05) is 13.1 Å². The van der Waals surface area contributed by atoms with Crippen molar-refractivity contribution in [2.45, 2.75) is 45.5 Å². The summed E-state index contributed by atoms with van der Waals surface area (Å²) in [4.78, 5) is 0. The number of ether oxygens (including phenoxy) is 2. The highest BCUT2D eigenvalue weighted by atomic mass is 32.2. The van der Waals surface area contributed by atoms with Crippen LogP contribution in [0.3, 0.4) is 0 Å². The maximum atomic E-state index is 13.7. The quantitative estimate of drug-likeness (QED) is 0.484. The van der Waals surface area contributed by atoms with E-state index in [1.807, 2.05) is 55.5 Å². The molecule has 0 aliphatic heterocycles. The van der Waals surface area contributed by atoms with Gasteiger partial charge < -0.3 is 9.47 Å². The van der Waals surface area contributed by atoms with E-state index in [0.717, 1.165) is 29.0 Å². The number of sulfonamides is 1. The van der Waals surface area contributed by atoms with Crippen LogP contribution in [0.25, 0.3) is 0 Å². The summed E-state index contributed by atoms with van der Waals surface area (Å²) in [5, 5.41) is -0.474. The Morgan fingerprint density at radius 3 is 1.68 bits per heavy atom. The van der Waals surface area contributed by atoms with E-state index in [2.05, 4.69) is 19.9 Å². The van der Waals surface area contributed by atoms with Crippen molar-refractivity contribution < 1.29 is 17.9 Å². The highest BCUT2D eigenvalue weighted by Gasteiger charge is 2.37. The molecule has 0 N–H and O–H groups in total. The molecule has 2 aromatic rings. The topological polar surface area (TPSA) is 55.8 Å². The van der Waals surface area contributed by atoms with E-state index >= 15 is 0 Å². The van der Waals surface area contributed by atoms with Gasteiger partial charge >= 0.3 is 0 Å². The second-order valence-electron chi connectivity index (χ2n) is 8.45. The summed E-state index contributed by atoms with van der Waals surface area (Å²) < 4.78 is 39.5. The van der Waals surface area contributed by atoms with Gasteiger partial charge in [0.15, 0.2) is 0 Å². The van der Waals surface area contributed by atoms with E-state index in [1.54, 1.807) is 18.5 Å². The molecule has 6 heteroatoms. The van der Waals surface area contributed by atoms with Gasteiger partial charge in [-0.3, -0.25) is 0 Å². The lowest BCUT2D eigenvalue weighted by molar-refractivity contribution is 0.345. The highest BCUT2D eigenvalue weighted by Crippen LogP contribution is 2.36. The molecular formula is C25H33NO4S. The molecule has 0 heterocycles. The van der Waals surface area contributed by atoms with Gasteiger partial charge in [-0.05, 0) is 67.5 Å². The summed E-state index contributed by atoms with van der Waals surface area (Å²) in [6, 6.07) is 15.1. The lowest BCUT2D eigenvalue weighted by Crippen LogP contribution is -2.42. The molecule has 0 fully saturated rings. The third-order valence-electron chi connectivity index (χ3n) is 6.34. The summed E-state index contributed by atoms with van der Waals surface area (Å²) in [6.45, 7) is 6.62. The van der Waals surface area contributed by atoms with Gasteiger partial charge in [-0.15, -0.1) is 0 Å². The molecule has 0 saturated carbocycles. The van der Waals surface area contributed by atoms with Crippen molar-refractivity contribution in [3.8, 4) is 11.5 Å². The van der Waals surface area contributed by atoms with Crippen LogP contribution in [-0.2, 0) is 23.1 Å². The van der Waals surface area contributed by atoms with Crippen molar-refractivity contribution in [3.05, 3.63) is 71.3 Å². The van der Waals surface area contributed by atoms with Gasteiger partial charge in [0.2, 0.25) is 10.0 Å². The zero-order valence-electron chi connectivity index (χ0n) is 19.0. The van der Waals surface area contributed by atoms with E-state index < -0.39 is 15.3 Å². The maximum Gasteiger partial charge on any atom is 0.217 e. The number of benzene rings is 2. The summed E-state index contributed by atoms with van der Waals surface area (Å²) in [5.41, 5.74) is 3.20. The predicted octanol–water partition coefficient (Wildman–Crippen LogP) is 5.03. The van der Waals surface area contributed by atoms with Gasteiger partial charge in [-0.25, -0.2) is 8.42 Å². The SMILES string of the molecule is COc1ccc(CN(Cc2ccc(OC)cc2)S(=O)(=O)[C@H](C)[C@@H](C)C2C=C(C)C2)cc1. The fourth-order valence-corrected chi connectivity index (χ4v) is 5.87. The van der Waals surface area contributed by atoms with Gasteiger partial charge in [0.1, 0.15) is 11.5 Å². The van der Waals surface area contributed by atoms with Gasteiger partial charge in [0.25, 0.3) is 0 Å². The molecule has 168 valence electrons. The van der Waals surface area contributed by atoms with Crippen molar-refractivity contribution in [1.82, 2.24) is 4.31 Å². The Labute approximate surface area is 186 Å². The van der Waals surface area contributed by atoms with Gasteiger partial charge in [-0.2, -0.15) is 4.31 Å². The van der Waals surface area contributed by atoms with E-state index in [4.69, 9.17) is 9.47 Å². The zero-order valence-corrected chi connectivity index (χ0v) is 19.9. The first-order valence-corrected chi connectivity index (χ1v) is 12.2. The average Bonchev–Trinajstić information content (AvgIpc) is 2.76. The largest absolute Gasteiger partial charge is 0.497 e. The maximum absolute atomic E-state index is 13.7. The van der Waals surface area contributed by atoms with Crippen molar-refractivity contribution in [2.75, 3.05) is 14.2 Å². The molecule has 1 unspecified atom stereocenters. The Balaban J connectivity index is 1.86. The first-order valence-electron chi connectivity index (χ1n) is 10.7. The molecular weight excluding hydrogens is 410 g/mol. The van der Waals surface area contributed by atoms with Crippen LogP contribution < -0.4 is 9.47 Å². The molecule has 3 atom stereocenters. The van der Waals surface area contributed by atoms with E-state index in [0.29, 0.717) is 19.0 Å². The van der Waals surface area contributed by atoms with Crippen molar-refractivity contribution in [2.24, 2.45) is 11.8 Å². The summed E-state index contributed by atoms with van der Waals surface area (Å²) in [7, 11) is -0.285. The first-order chi connectivity index (χ1) is 14.7. The Morgan fingerprint density at radius 1 is 0.903 bits per heavy atom. The minimum absolute atomic E-state index is 0.0583. The monoisotopic (exact) mass is 443 g/mol. The number of hydrogen-bond donors (Lipinski definition) is 0. The molecule has 0 bridgehead atoms. The third-order valence-corrected chi connectivity index (χ3v) is 8.68. The number of hydrogen-bond acceptors (Lipinski definition) is 4. The van der Waals surface area contributed by atoms with Crippen LogP contribution in [0.2, 0.25) is 0 Å². The predicted molar refractivity (Wildman–Crippen MR) is 125 cm³/mol. The molecule has 5 nitrogen and oxygen atoms in total. The standard InChI is InChI=1S/C25H33NO4S/c1-18-14-23(15-18)19(2)20(3)31(27,28)26(16-21-6-10-24(29-4)11-7-21)17-22-8-12-25(30-5)13-9-22/h6-14,19-20,23H,15-17H2,1-5H3/t19-,20-,23?/m1/s1. The molecule has 1 aliphatic carbocycles.